The van der Waals surface area contributed by atoms with E-state index in [-0.39, 0.29) is 17.9 Å². The fraction of sp³-hybridized carbons (Fsp3) is 0.619. The van der Waals surface area contributed by atoms with Crippen LogP contribution in [-0.4, -0.2) is 64.6 Å². The van der Waals surface area contributed by atoms with Crippen LogP contribution in [0, 0.1) is 5.41 Å². The predicted octanol–water partition coefficient (Wildman–Crippen LogP) is 2.27. The molecule has 2 fully saturated rings. The van der Waals surface area contributed by atoms with Crippen LogP contribution in [0.3, 0.4) is 0 Å². The van der Waals surface area contributed by atoms with E-state index in [0.29, 0.717) is 19.0 Å². The van der Waals surface area contributed by atoms with Gasteiger partial charge in [0, 0.05) is 43.5 Å². The Kier molecular flexibility index (Phi) is 6.09. The quantitative estimate of drug-likeness (QED) is 0.822. The molecule has 1 aromatic heterocycles. The lowest BCUT2D eigenvalue weighted by Gasteiger charge is -2.54. The van der Waals surface area contributed by atoms with Crippen molar-refractivity contribution in [2.24, 2.45) is 5.41 Å². The summed E-state index contributed by atoms with van der Waals surface area (Å²) in [4.78, 5) is 21.4. The highest BCUT2D eigenvalue weighted by Gasteiger charge is 2.48. The number of fused-ring (bicyclic) bond motifs is 1. The van der Waals surface area contributed by atoms with E-state index in [1.165, 1.54) is 5.57 Å². The zero-order valence-electron chi connectivity index (χ0n) is 16.0. The number of nitrogens with zero attached hydrogens (tertiary/aromatic N) is 3. The van der Waals surface area contributed by atoms with Gasteiger partial charge in [0.1, 0.15) is 0 Å². The Balaban J connectivity index is 1.70. The molecule has 3 heterocycles. The molecule has 0 spiro atoms. The molecule has 5 nitrogen and oxygen atoms in total. The number of amides is 1. The Hall–Kier alpha value is -1.72. The molecule has 0 aliphatic carbocycles. The fourth-order valence-corrected chi connectivity index (χ4v) is 4.51. The third-order valence-corrected chi connectivity index (χ3v) is 5.93. The second-order valence-corrected chi connectivity index (χ2v) is 8.06. The van der Waals surface area contributed by atoms with Crippen LogP contribution in [-0.2, 0) is 11.2 Å². The molecule has 1 amide bonds. The maximum Gasteiger partial charge on any atom is 0.227 e. The van der Waals surface area contributed by atoms with Gasteiger partial charge in [-0.25, -0.2) is 0 Å². The van der Waals surface area contributed by atoms with Gasteiger partial charge in [0.2, 0.25) is 5.91 Å². The molecule has 2 aliphatic heterocycles. The molecule has 1 N–H and O–H groups in total. The highest BCUT2D eigenvalue weighted by atomic mass is 16.3. The number of hydrogen-bond donors (Lipinski definition) is 1. The summed E-state index contributed by atoms with van der Waals surface area (Å²) in [5.41, 5.74) is 2.09. The summed E-state index contributed by atoms with van der Waals surface area (Å²) in [5, 5.41) is 10.3. The van der Waals surface area contributed by atoms with Gasteiger partial charge in [0.15, 0.2) is 0 Å². The SMILES string of the molecule is CC(C)=CCN1CCC[C@]2(CO)CN(C(=O)Cc3cccnc3)CC[C@@H]12. The van der Waals surface area contributed by atoms with E-state index < -0.39 is 0 Å². The summed E-state index contributed by atoms with van der Waals surface area (Å²) in [6, 6.07) is 4.17. The van der Waals surface area contributed by atoms with Crippen LogP contribution in [0.5, 0.6) is 0 Å². The van der Waals surface area contributed by atoms with E-state index in [4.69, 9.17) is 0 Å². The van der Waals surface area contributed by atoms with Gasteiger partial charge in [0.05, 0.1) is 13.0 Å². The minimum Gasteiger partial charge on any atom is -0.396 e. The number of carbonyl (C=O) groups is 1. The molecule has 0 radical (unpaired) electrons. The Labute approximate surface area is 156 Å². The van der Waals surface area contributed by atoms with Crippen molar-refractivity contribution < 1.29 is 9.90 Å². The van der Waals surface area contributed by atoms with Crippen LogP contribution >= 0.6 is 0 Å². The molecule has 0 aromatic carbocycles. The predicted molar refractivity (Wildman–Crippen MR) is 103 cm³/mol. The van der Waals surface area contributed by atoms with Crippen LogP contribution in [0.2, 0.25) is 0 Å². The maximum atomic E-state index is 12.8. The van der Waals surface area contributed by atoms with Crippen molar-refractivity contribution in [1.82, 2.24) is 14.8 Å². The summed E-state index contributed by atoms with van der Waals surface area (Å²) < 4.78 is 0. The molecule has 3 rings (SSSR count). The van der Waals surface area contributed by atoms with Gasteiger partial charge in [-0.05, 0) is 51.3 Å². The summed E-state index contributed by atoms with van der Waals surface area (Å²) >= 11 is 0. The van der Waals surface area contributed by atoms with E-state index in [0.717, 1.165) is 44.5 Å². The van der Waals surface area contributed by atoms with Crippen molar-refractivity contribution in [3.8, 4) is 0 Å². The van der Waals surface area contributed by atoms with Crippen molar-refractivity contribution in [2.75, 3.05) is 32.8 Å². The van der Waals surface area contributed by atoms with Crippen LogP contribution in [0.4, 0.5) is 0 Å². The largest absolute Gasteiger partial charge is 0.396 e. The monoisotopic (exact) mass is 357 g/mol. The average molecular weight is 357 g/mol. The van der Waals surface area contributed by atoms with Gasteiger partial charge in [-0.1, -0.05) is 17.7 Å². The van der Waals surface area contributed by atoms with Crippen LogP contribution in [0.15, 0.2) is 36.2 Å². The summed E-state index contributed by atoms with van der Waals surface area (Å²) in [6.45, 7) is 7.87. The van der Waals surface area contributed by atoms with Crippen LogP contribution in [0.25, 0.3) is 0 Å². The maximum absolute atomic E-state index is 12.8. The Morgan fingerprint density at radius 2 is 2.27 bits per heavy atom. The van der Waals surface area contributed by atoms with Crippen LogP contribution in [0.1, 0.15) is 38.7 Å². The van der Waals surface area contributed by atoms with Crippen molar-refractivity contribution in [3.63, 3.8) is 0 Å². The van der Waals surface area contributed by atoms with Crippen molar-refractivity contribution in [1.29, 1.82) is 0 Å². The zero-order chi connectivity index (χ0) is 18.6. The van der Waals surface area contributed by atoms with Gasteiger partial charge < -0.3 is 10.0 Å². The zero-order valence-corrected chi connectivity index (χ0v) is 16.0. The summed E-state index contributed by atoms with van der Waals surface area (Å²) in [5.74, 6) is 0.144. The number of hydrogen-bond acceptors (Lipinski definition) is 4. The molecule has 2 aliphatic rings. The van der Waals surface area contributed by atoms with Crippen molar-refractivity contribution >= 4 is 5.91 Å². The van der Waals surface area contributed by atoms with Gasteiger partial charge in [0.25, 0.3) is 0 Å². The van der Waals surface area contributed by atoms with Crippen LogP contribution < -0.4 is 0 Å². The first kappa shape index (κ1) is 19.1. The number of aromatic nitrogens is 1. The van der Waals surface area contributed by atoms with E-state index in [9.17, 15) is 9.90 Å². The number of aliphatic hydroxyl groups excluding tert-OH is 1. The van der Waals surface area contributed by atoms with E-state index in [1.54, 1.807) is 12.4 Å². The Morgan fingerprint density at radius 3 is 2.96 bits per heavy atom. The molecule has 5 heteroatoms. The standard InChI is InChI=1S/C21H31N3O2/c1-17(2)6-11-23-10-4-8-21(16-25)15-24(12-7-19(21)23)20(26)13-18-5-3-9-22-14-18/h3,5-6,9,14,19,25H,4,7-8,10-13,15-16H2,1-2H3/t19-,21-/m1/s1. The smallest absolute Gasteiger partial charge is 0.227 e. The molecule has 0 unspecified atom stereocenters. The molecule has 1 aromatic rings. The molecular formula is C21H31N3O2. The highest BCUT2D eigenvalue weighted by Crippen LogP contribution is 2.41. The molecule has 0 saturated carbocycles. The molecular weight excluding hydrogens is 326 g/mol. The molecule has 142 valence electrons. The minimum absolute atomic E-state index is 0.144. The summed E-state index contributed by atoms with van der Waals surface area (Å²) in [6.07, 6.45) is 9.16. The van der Waals surface area contributed by atoms with Gasteiger partial charge >= 0.3 is 0 Å². The van der Waals surface area contributed by atoms with E-state index >= 15 is 0 Å². The molecule has 26 heavy (non-hydrogen) atoms. The fourth-order valence-electron chi connectivity index (χ4n) is 4.51. The second kappa shape index (κ2) is 8.31. The highest BCUT2D eigenvalue weighted by molar-refractivity contribution is 5.78. The Morgan fingerprint density at radius 1 is 1.42 bits per heavy atom. The third kappa shape index (κ3) is 4.15. The Bertz CT molecular complexity index is 642. The number of piperidine rings is 2. The topological polar surface area (TPSA) is 56.7 Å². The number of allylic oxidation sites excluding steroid dienone is 1. The minimum atomic E-state index is -0.184. The third-order valence-electron chi connectivity index (χ3n) is 5.93. The first-order valence-electron chi connectivity index (χ1n) is 9.69. The van der Waals surface area contributed by atoms with E-state index in [2.05, 4.69) is 29.8 Å². The second-order valence-electron chi connectivity index (χ2n) is 8.06. The van der Waals surface area contributed by atoms with Crippen molar-refractivity contribution in [2.45, 2.75) is 45.6 Å². The lowest BCUT2D eigenvalue weighted by Crippen LogP contribution is -2.63. The first-order valence-corrected chi connectivity index (χ1v) is 9.69. The molecule has 2 atom stereocenters. The normalized spacial score (nSPS) is 26.3. The number of likely N-dealkylation sites (tertiary alicyclic amines) is 2. The lowest BCUT2D eigenvalue weighted by molar-refractivity contribution is -0.141. The number of rotatable bonds is 5. The summed E-state index contributed by atoms with van der Waals surface area (Å²) in [7, 11) is 0. The number of aliphatic hydroxyl groups is 1. The molecule has 0 bridgehead atoms. The molecule has 2 saturated heterocycles. The van der Waals surface area contributed by atoms with Gasteiger partial charge in [-0.2, -0.15) is 0 Å². The number of carbonyl (C=O) groups excluding carboxylic acids is 1. The number of pyridine rings is 1. The van der Waals surface area contributed by atoms with Gasteiger partial charge in [-0.3, -0.25) is 14.7 Å². The van der Waals surface area contributed by atoms with Crippen molar-refractivity contribution in [3.05, 3.63) is 41.7 Å². The van der Waals surface area contributed by atoms with E-state index in [1.807, 2.05) is 17.0 Å². The first-order chi connectivity index (χ1) is 12.5. The average Bonchev–Trinajstić information content (AvgIpc) is 2.66. The lowest BCUT2D eigenvalue weighted by atomic mass is 9.69. The van der Waals surface area contributed by atoms with Gasteiger partial charge in [-0.15, -0.1) is 0 Å².